The van der Waals surface area contributed by atoms with Crippen LogP contribution in [0.25, 0.3) is 6.08 Å². The number of hydrogen-bond donors (Lipinski definition) is 3. The fourth-order valence-corrected chi connectivity index (χ4v) is 7.73. The molecule has 1 atom stereocenters. The van der Waals surface area contributed by atoms with E-state index in [1.54, 1.807) is 85.5 Å². The van der Waals surface area contributed by atoms with Gasteiger partial charge in [0, 0.05) is 34.5 Å². The number of carbonyl (C=O) groups excluding carboxylic acids is 5. The molecule has 0 fully saturated rings. The molecule has 4 amide bonds. The van der Waals surface area contributed by atoms with Gasteiger partial charge in [0.15, 0.2) is 11.5 Å². The summed E-state index contributed by atoms with van der Waals surface area (Å²) in [6.07, 6.45) is 2.02. The van der Waals surface area contributed by atoms with Crippen molar-refractivity contribution in [2.45, 2.75) is 43.9 Å². The molecule has 53 heavy (non-hydrogen) atoms. The van der Waals surface area contributed by atoms with Crippen LogP contribution in [-0.2, 0) is 32.1 Å². The summed E-state index contributed by atoms with van der Waals surface area (Å²) < 4.78 is 16.1. The number of amides is 4. The number of ether oxygens (including phenoxy) is 3. The second-order valence-electron chi connectivity index (χ2n) is 11.8. The van der Waals surface area contributed by atoms with Crippen molar-refractivity contribution in [3.8, 4) is 11.5 Å². The lowest BCUT2D eigenvalue weighted by Crippen LogP contribution is -2.34. The topological polar surface area (TPSA) is 152 Å². The Labute approximate surface area is 315 Å². The van der Waals surface area contributed by atoms with Crippen LogP contribution < -0.4 is 25.4 Å². The molecule has 5 rings (SSSR count). The summed E-state index contributed by atoms with van der Waals surface area (Å²) in [4.78, 5) is 68.6. The number of methoxy groups -OCH3 is 2. The number of nitrogens with zero attached hydrogens (tertiary/aromatic N) is 1. The van der Waals surface area contributed by atoms with Crippen molar-refractivity contribution >= 4 is 69.5 Å². The zero-order chi connectivity index (χ0) is 38.1. The number of rotatable bonds is 13. The van der Waals surface area contributed by atoms with Crippen molar-refractivity contribution in [3.63, 3.8) is 0 Å². The second-order valence-corrected chi connectivity index (χ2v) is 14.4. The van der Waals surface area contributed by atoms with Crippen LogP contribution in [0.2, 0.25) is 0 Å². The summed E-state index contributed by atoms with van der Waals surface area (Å²) in [6.45, 7) is 5.99. The van der Waals surface area contributed by atoms with Gasteiger partial charge in [-0.05, 0) is 79.9 Å². The molecular formula is C39H40N4O8S2. The van der Waals surface area contributed by atoms with E-state index in [1.165, 1.54) is 50.3 Å². The van der Waals surface area contributed by atoms with Crippen LogP contribution in [0.15, 0.2) is 83.4 Å². The lowest BCUT2D eigenvalue weighted by molar-refractivity contribution is -0.129. The Morgan fingerprint density at radius 2 is 1.70 bits per heavy atom. The van der Waals surface area contributed by atoms with E-state index in [-0.39, 0.29) is 24.1 Å². The Balaban J connectivity index is 1.32. The molecule has 12 nitrogen and oxygen atoms in total. The molecule has 0 aliphatic carbocycles. The zero-order valence-electron chi connectivity index (χ0n) is 29.9. The average molecular weight is 757 g/mol. The highest BCUT2D eigenvalue weighted by Crippen LogP contribution is 2.38. The molecule has 0 spiro atoms. The minimum absolute atomic E-state index is 0.0145. The van der Waals surface area contributed by atoms with Crippen LogP contribution >= 0.6 is 23.1 Å². The maximum Gasteiger partial charge on any atom is 0.341 e. The van der Waals surface area contributed by atoms with Crippen molar-refractivity contribution in [1.82, 2.24) is 10.2 Å². The fourth-order valence-electron chi connectivity index (χ4n) is 5.55. The number of anilines is 2. The predicted molar refractivity (Wildman–Crippen MR) is 206 cm³/mol. The lowest BCUT2D eigenvalue weighted by Gasteiger charge is -2.25. The van der Waals surface area contributed by atoms with Gasteiger partial charge in [-0.2, -0.15) is 0 Å². The van der Waals surface area contributed by atoms with Gasteiger partial charge in [0.25, 0.3) is 11.8 Å². The lowest BCUT2D eigenvalue weighted by atomic mass is 10.0. The van der Waals surface area contributed by atoms with E-state index in [4.69, 9.17) is 14.2 Å². The van der Waals surface area contributed by atoms with Crippen LogP contribution in [0.3, 0.4) is 0 Å². The Kier molecular flexibility index (Phi) is 12.9. The molecule has 276 valence electrons. The van der Waals surface area contributed by atoms with E-state index in [9.17, 15) is 24.0 Å². The second kappa shape index (κ2) is 17.8. The van der Waals surface area contributed by atoms with Gasteiger partial charge in [0.2, 0.25) is 11.8 Å². The normalized spacial score (nSPS) is 12.9. The van der Waals surface area contributed by atoms with Crippen LogP contribution in [0.5, 0.6) is 11.5 Å². The number of benzene rings is 3. The van der Waals surface area contributed by atoms with E-state index in [0.717, 1.165) is 10.4 Å². The predicted octanol–water partition coefficient (Wildman–Crippen LogP) is 6.38. The summed E-state index contributed by atoms with van der Waals surface area (Å²) in [6, 6.07) is 20.6. The highest BCUT2D eigenvalue weighted by Gasteiger charge is 2.31. The number of esters is 1. The third-order valence-electron chi connectivity index (χ3n) is 8.24. The van der Waals surface area contributed by atoms with Crippen molar-refractivity contribution in [2.24, 2.45) is 0 Å². The van der Waals surface area contributed by atoms with E-state index in [1.807, 2.05) is 6.07 Å². The number of nitrogens with one attached hydrogen (secondary N) is 3. The Morgan fingerprint density at radius 3 is 2.40 bits per heavy atom. The van der Waals surface area contributed by atoms with Gasteiger partial charge in [-0.25, -0.2) is 4.79 Å². The SMILES string of the molecule is CCOC(=O)c1c(NC(=O)C(C)Sc2cccc(NC(=O)/C(=C\c3ccc(OC)c(OC)c3)NC(=O)c3ccccc3)c2)sc2c1CCN(C(C)=O)C2. The van der Waals surface area contributed by atoms with E-state index < -0.39 is 23.0 Å². The van der Waals surface area contributed by atoms with E-state index in [0.29, 0.717) is 63.3 Å². The minimum atomic E-state index is -0.602. The van der Waals surface area contributed by atoms with Gasteiger partial charge in [-0.3, -0.25) is 19.2 Å². The molecule has 0 saturated carbocycles. The molecule has 3 N–H and O–H groups in total. The van der Waals surface area contributed by atoms with Crippen molar-refractivity contribution < 1.29 is 38.2 Å². The first kappa shape index (κ1) is 38.6. The molecule has 4 aromatic rings. The summed E-state index contributed by atoms with van der Waals surface area (Å²) in [5.41, 5.74) is 2.51. The number of thioether (sulfide) groups is 1. The number of carbonyl (C=O) groups is 5. The molecule has 1 aliphatic heterocycles. The average Bonchev–Trinajstić information content (AvgIpc) is 3.52. The summed E-state index contributed by atoms with van der Waals surface area (Å²) in [5, 5.41) is 8.30. The van der Waals surface area contributed by atoms with E-state index >= 15 is 0 Å². The van der Waals surface area contributed by atoms with Crippen LogP contribution in [-0.4, -0.2) is 67.1 Å². The van der Waals surface area contributed by atoms with Gasteiger partial charge in [-0.1, -0.05) is 30.3 Å². The quantitative estimate of drug-likeness (QED) is 0.0803. The molecule has 2 heterocycles. The zero-order valence-corrected chi connectivity index (χ0v) is 31.6. The maximum atomic E-state index is 13.7. The van der Waals surface area contributed by atoms with Crippen LogP contribution in [0.4, 0.5) is 10.7 Å². The fraction of sp³-hybridized carbons (Fsp3) is 0.256. The van der Waals surface area contributed by atoms with Gasteiger partial charge < -0.3 is 35.1 Å². The van der Waals surface area contributed by atoms with Crippen LogP contribution in [0.1, 0.15) is 57.5 Å². The van der Waals surface area contributed by atoms with E-state index in [2.05, 4.69) is 16.0 Å². The first-order valence-electron chi connectivity index (χ1n) is 16.8. The molecule has 14 heteroatoms. The largest absolute Gasteiger partial charge is 0.493 e. The molecular weight excluding hydrogens is 717 g/mol. The highest BCUT2D eigenvalue weighted by molar-refractivity contribution is 8.00. The standard InChI is InChI=1S/C39H40N4O8S2/c1-6-51-39(48)34-29-17-18-43(24(3)44)22-33(29)53-38(34)42-35(45)23(2)52-28-14-10-13-27(21-28)40-37(47)30(41-36(46)26-11-8-7-9-12-26)19-25-15-16-31(49-4)32(20-25)50-5/h7-16,19-21,23H,6,17-18,22H2,1-5H3,(H,40,47)(H,41,46)(H,42,45)/b30-19+. The Morgan fingerprint density at radius 1 is 0.943 bits per heavy atom. The summed E-state index contributed by atoms with van der Waals surface area (Å²) in [7, 11) is 3.03. The van der Waals surface area contributed by atoms with Gasteiger partial charge in [-0.15, -0.1) is 23.1 Å². The minimum Gasteiger partial charge on any atom is -0.493 e. The molecule has 3 aromatic carbocycles. The first-order valence-corrected chi connectivity index (χ1v) is 18.5. The van der Waals surface area contributed by atoms with Gasteiger partial charge in [0.05, 0.1) is 38.2 Å². The molecule has 0 radical (unpaired) electrons. The summed E-state index contributed by atoms with van der Waals surface area (Å²) in [5.74, 6) is -0.984. The molecule has 1 aliphatic rings. The monoisotopic (exact) mass is 756 g/mol. The van der Waals surface area contributed by atoms with Gasteiger partial charge >= 0.3 is 5.97 Å². The summed E-state index contributed by atoms with van der Waals surface area (Å²) >= 11 is 2.54. The van der Waals surface area contributed by atoms with Crippen molar-refractivity contribution in [3.05, 3.63) is 106 Å². The molecule has 0 saturated heterocycles. The van der Waals surface area contributed by atoms with Crippen molar-refractivity contribution in [1.29, 1.82) is 0 Å². The van der Waals surface area contributed by atoms with Gasteiger partial charge in [0.1, 0.15) is 10.7 Å². The molecule has 1 aromatic heterocycles. The highest BCUT2D eigenvalue weighted by atomic mass is 32.2. The van der Waals surface area contributed by atoms with Crippen molar-refractivity contribution in [2.75, 3.05) is 38.0 Å². The Bertz CT molecular complexity index is 2050. The number of hydrogen-bond acceptors (Lipinski definition) is 10. The molecule has 1 unspecified atom stereocenters. The third-order valence-corrected chi connectivity index (χ3v) is 10.5. The smallest absolute Gasteiger partial charge is 0.341 e. The number of fused-ring (bicyclic) bond motifs is 1. The maximum absolute atomic E-state index is 13.7. The first-order chi connectivity index (χ1) is 25.5. The third kappa shape index (κ3) is 9.64. The Hall–Kier alpha value is -5.60. The number of thiophene rings is 1. The van der Waals surface area contributed by atoms with Crippen LogP contribution in [0, 0.1) is 0 Å². The molecule has 0 bridgehead atoms.